The third-order valence-corrected chi connectivity index (χ3v) is 2.62. The molecule has 0 aliphatic heterocycles. The molecule has 0 heterocycles. The number of carbonyl (C=O) groups excluding carboxylic acids is 1. The lowest BCUT2D eigenvalue weighted by Gasteiger charge is -2.13. The summed E-state index contributed by atoms with van der Waals surface area (Å²) in [6, 6.07) is 0. The van der Waals surface area contributed by atoms with Crippen LogP contribution in [-0.2, 0) is 9.53 Å². The van der Waals surface area contributed by atoms with Gasteiger partial charge in [-0.2, -0.15) is 0 Å². The van der Waals surface area contributed by atoms with E-state index in [1.807, 2.05) is 0 Å². The van der Waals surface area contributed by atoms with Gasteiger partial charge < -0.3 is 4.74 Å². The monoisotopic (exact) mass is 284 g/mol. The van der Waals surface area contributed by atoms with E-state index in [-0.39, 0.29) is 12.1 Å². The molecule has 0 saturated carbocycles. The van der Waals surface area contributed by atoms with Crippen molar-refractivity contribution in [1.29, 1.82) is 0 Å². The van der Waals surface area contributed by atoms with Gasteiger partial charge in [-0.25, -0.2) is 0 Å². The zero-order chi connectivity index (χ0) is 9.40. The molecule has 0 bridgehead atoms. The second-order valence-electron chi connectivity index (χ2n) is 2.88. The van der Waals surface area contributed by atoms with Crippen LogP contribution < -0.4 is 0 Å². The molecule has 0 amide bonds. The van der Waals surface area contributed by atoms with Crippen LogP contribution in [0.5, 0.6) is 0 Å². The largest absolute Gasteiger partial charge is 0.462 e. The Morgan fingerprint density at radius 2 is 2.17 bits per heavy atom. The van der Waals surface area contributed by atoms with Crippen LogP contribution in [0.25, 0.3) is 0 Å². The Morgan fingerprint density at radius 3 is 2.58 bits per heavy atom. The van der Waals surface area contributed by atoms with Gasteiger partial charge in [-0.3, -0.25) is 4.79 Å². The van der Waals surface area contributed by atoms with Gasteiger partial charge in [0.1, 0.15) is 6.10 Å². The first-order chi connectivity index (χ1) is 5.70. The molecule has 2 nitrogen and oxygen atoms in total. The highest BCUT2D eigenvalue weighted by molar-refractivity contribution is 14.1. The number of rotatable bonds is 6. The van der Waals surface area contributed by atoms with Crippen LogP contribution in [-0.4, -0.2) is 16.5 Å². The predicted molar refractivity (Wildman–Crippen MR) is 58.6 cm³/mol. The maximum Gasteiger partial charge on any atom is 0.302 e. The highest BCUT2D eigenvalue weighted by atomic mass is 127. The number of esters is 1. The Morgan fingerprint density at radius 1 is 1.50 bits per heavy atom. The van der Waals surface area contributed by atoms with Gasteiger partial charge >= 0.3 is 5.97 Å². The van der Waals surface area contributed by atoms with Gasteiger partial charge in [0.2, 0.25) is 0 Å². The van der Waals surface area contributed by atoms with Gasteiger partial charge in [0.05, 0.1) is 0 Å². The van der Waals surface area contributed by atoms with Crippen molar-refractivity contribution in [2.45, 2.75) is 45.6 Å². The molecule has 0 fully saturated rings. The summed E-state index contributed by atoms with van der Waals surface area (Å²) in [5.74, 6) is -0.159. The van der Waals surface area contributed by atoms with Crippen LogP contribution in [0.15, 0.2) is 0 Å². The van der Waals surface area contributed by atoms with Gasteiger partial charge in [0.25, 0.3) is 0 Å². The Kier molecular flexibility index (Phi) is 7.96. The summed E-state index contributed by atoms with van der Waals surface area (Å²) >= 11 is 2.26. The summed E-state index contributed by atoms with van der Waals surface area (Å²) in [7, 11) is 0. The number of carbonyl (C=O) groups is 1. The number of hydrogen-bond acceptors (Lipinski definition) is 2. The molecule has 72 valence electrons. The first-order valence-corrected chi connectivity index (χ1v) is 5.96. The van der Waals surface area contributed by atoms with Crippen LogP contribution >= 0.6 is 22.6 Å². The van der Waals surface area contributed by atoms with Gasteiger partial charge in [0.15, 0.2) is 0 Å². The predicted octanol–water partition coefficient (Wildman–Crippen LogP) is 2.93. The molecule has 0 radical (unpaired) electrons. The fourth-order valence-electron chi connectivity index (χ4n) is 1.02. The van der Waals surface area contributed by atoms with E-state index in [0.717, 1.165) is 17.3 Å². The topological polar surface area (TPSA) is 26.3 Å². The average molecular weight is 284 g/mol. The van der Waals surface area contributed by atoms with Crippen molar-refractivity contribution in [2.75, 3.05) is 4.43 Å². The van der Waals surface area contributed by atoms with E-state index in [9.17, 15) is 4.79 Å². The number of alkyl halides is 1. The molecule has 1 atom stereocenters. The highest BCUT2D eigenvalue weighted by Crippen LogP contribution is 2.09. The summed E-state index contributed by atoms with van der Waals surface area (Å²) < 4.78 is 6.00. The van der Waals surface area contributed by atoms with Crippen LogP contribution in [0, 0.1) is 0 Å². The molecule has 12 heavy (non-hydrogen) atoms. The normalized spacial score (nSPS) is 12.6. The number of hydrogen-bond donors (Lipinski definition) is 0. The van der Waals surface area contributed by atoms with Crippen molar-refractivity contribution >= 4 is 28.6 Å². The van der Waals surface area contributed by atoms with Crippen LogP contribution in [0.2, 0.25) is 0 Å². The summed E-state index contributed by atoms with van der Waals surface area (Å²) in [5.41, 5.74) is 0. The van der Waals surface area contributed by atoms with E-state index >= 15 is 0 Å². The summed E-state index contributed by atoms with van der Waals surface area (Å²) in [5, 5.41) is 0. The molecule has 0 aromatic carbocycles. The molecule has 0 aromatic rings. The van der Waals surface area contributed by atoms with E-state index in [1.54, 1.807) is 0 Å². The Hall–Kier alpha value is 0.200. The van der Waals surface area contributed by atoms with E-state index < -0.39 is 0 Å². The molecule has 0 aromatic heterocycles. The second kappa shape index (κ2) is 7.83. The third-order valence-electron chi connectivity index (χ3n) is 1.63. The molecule has 0 aliphatic rings. The molecule has 0 rings (SSSR count). The van der Waals surface area contributed by atoms with Gasteiger partial charge in [0, 0.05) is 11.4 Å². The Balaban J connectivity index is 3.46. The second-order valence-corrected chi connectivity index (χ2v) is 3.76. The van der Waals surface area contributed by atoms with Gasteiger partial charge in [-0.05, 0) is 12.8 Å². The van der Waals surface area contributed by atoms with E-state index in [4.69, 9.17) is 4.74 Å². The fourth-order valence-corrected chi connectivity index (χ4v) is 1.64. The highest BCUT2D eigenvalue weighted by Gasteiger charge is 2.08. The van der Waals surface area contributed by atoms with Crippen molar-refractivity contribution in [3.63, 3.8) is 0 Å². The maximum absolute atomic E-state index is 10.6. The van der Waals surface area contributed by atoms with Gasteiger partial charge in [-0.15, -0.1) is 0 Å². The van der Waals surface area contributed by atoms with E-state index in [2.05, 4.69) is 29.5 Å². The Bertz CT molecular complexity index is 126. The molecular weight excluding hydrogens is 267 g/mol. The summed E-state index contributed by atoms with van der Waals surface area (Å²) in [6.45, 7) is 3.64. The van der Waals surface area contributed by atoms with E-state index in [0.29, 0.717) is 0 Å². The smallest absolute Gasteiger partial charge is 0.302 e. The lowest BCUT2D eigenvalue weighted by Crippen LogP contribution is -2.17. The number of unbranched alkanes of at least 4 members (excludes halogenated alkanes) is 2. The zero-order valence-corrected chi connectivity index (χ0v) is 9.96. The Labute approximate surface area is 88.2 Å². The van der Waals surface area contributed by atoms with Crippen LogP contribution in [0.3, 0.4) is 0 Å². The molecule has 1 unspecified atom stereocenters. The van der Waals surface area contributed by atoms with Crippen molar-refractivity contribution in [3.8, 4) is 0 Å². The average Bonchev–Trinajstić information content (AvgIpc) is 2.02. The molecule has 3 heteroatoms. The number of ether oxygens (including phenoxy) is 1. The first kappa shape index (κ1) is 12.2. The quantitative estimate of drug-likeness (QED) is 0.324. The lowest BCUT2D eigenvalue weighted by molar-refractivity contribution is -0.145. The minimum absolute atomic E-state index is 0.134. The molecule has 0 aliphatic carbocycles. The fraction of sp³-hybridized carbons (Fsp3) is 0.889. The van der Waals surface area contributed by atoms with Crippen molar-refractivity contribution in [1.82, 2.24) is 0 Å². The zero-order valence-electron chi connectivity index (χ0n) is 7.81. The summed E-state index contributed by atoms with van der Waals surface area (Å²) in [4.78, 5) is 10.6. The lowest BCUT2D eigenvalue weighted by atomic mass is 10.1. The van der Waals surface area contributed by atoms with Crippen molar-refractivity contribution in [2.24, 2.45) is 0 Å². The SMILES string of the molecule is CCCCCC(CI)OC(C)=O. The number of halogens is 1. The molecular formula is C9H17IO2. The third kappa shape index (κ3) is 6.88. The summed E-state index contributed by atoms with van der Waals surface area (Å²) in [6.07, 6.45) is 4.76. The van der Waals surface area contributed by atoms with Crippen molar-refractivity contribution in [3.05, 3.63) is 0 Å². The maximum atomic E-state index is 10.6. The van der Waals surface area contributed by atoms with Crippen LogP contribution in [0.4, 0.5) is 0 Å². The first-order valence-electron chi connectivity index (χ1n) is 4.43. The molecule has 0 saturated heterocycles. The van der Waals surface area contributed by atoms with E-state index in [1.165, 1.54) is 19.8 Å². The van der Waals surface area contributed by atoms with Crippen molar-refractivity contribution < 1.29 is 9.53 Å². The minimum Gasteiger partial charge on any atom is -0.462 e. The van der Waals surface area contributed by atoms with Gasteiger partial charge in [-0.1, -0.05) is 42.4 Å². The van der Waals surface area contributed by atoms with Crippen LogP contribution in [0.1, 0.15) is 39.5 Å². The molecule has 0 spiro atoms. The standard InChI is InChI=1S/C9H17IO2/c1-3-4-5-6-9(7-10)12-8(2)11/h9H,3-7H2,1-2H3. The molecule has 0 N–H and O–H groups in total. The minimum atomic E-state index is -0.159.